The summed E-state index contributed by atoms with van der Waals surface area (Å²) in [4.78, 5) is 2.46. The molecule has 0 bridgehead atoms. The molecule has 0 heterocycles. The third-order valence-electron chi connectivity index (χ3n) is 4.16. The number of anilines is 1. The molecule has 2 rings (SSSR count). The second kappa shape index (κ2) is 6.92. The van der Waals surface area contributed by atoms with Crippen LogP contribution in [0.1, 0.15) is 50.6 Å². The number of aliphatic hydroxyl groups excluding tert-OH is 1. The smallest absolute Gasteiger partial charge is 0.0447 e. The molecule has 3 N–H and O–H groups in total. The lowest BCUT2D eigenvalue weighted by molar-refractivity contribution is 0.283. The van der Waals surface area contributed by atoms with Crippen molar-refractivity contribution in [2.75, 3.05) is 18.1 Å². The van der Waals surface area contributed by atoms with Gasteiger partial charge in [0.1, 0.15) is 0 Å². The van der Waals surface area contributed by atoms with Crippen molar-refractivity contribution in [3.8, 4) is 0 Å². The van der Waals surface area contributed by atoms with E-state index >= 15 is 0 Å². The third kappa shape index (κ3) is 3.28. The van der Waals surface area contributed by atoms with Crippen LogP contribution >= 0.6 is 0 Å². The Hall–Kier alpha value is -1.06. The summed E-state index contributed by atoms with van der Waals surface area (Å²) in [5.74, 6) is 0. The highest BCUT2D eigenvalue weighted by atomic mass is 16.3. The first-order chi connectivity index (χ1) is 9.27. The molecule has 1 saturated carbocycles. The van der Waals surface area contributed by atoms with Crippen molar-refractivity contribution in [2.45, 2.75) is 51.1 Å². The van der Waals surface area contributed by atoms with Gasteiger partial charge in [-0.1, -0.05) is 25.1 Å². The molecule has 1 aromatic carbocycles. The summed E-state index contributed by atoms with van der Waals surface area (Å²) in [7, 11) is 0. The van der Waals surface area contributed by atoms with E-state index in [-0.39, 0.29) is 12.6 Å². The van der Waals surface area contributed by atoms with Crippen LogP contribution in [-0.2, 0) is 0 Å². The summed E-state index contributed by atoms with van der Waals surface area (Å²) in [5.41, 5.74) is 8.76. The van der Waals surface area contributed by atoms with E-state index in [2.05, 4.69) is 36.1 Å². The quantitative estimate of drug-likeness (QED) is 0.794. The molecule has 0 saturated heterocycles. The number of aliphatic hydroxyl groups is 1. The Balaban J connectivity index is 2.24. The van der Waals surface area contributed by atoms with E-state index in [4.69, 9.17) is 10.8 Å². The third-order valence-corrected chi connectivity index (χ3v) is 4.16. The van der Waals surface area contributed by atoms with Gasteiger partial charge in [-0.2, -0.15) is 0 Å². The fourth-order valence-electron chi connectivity index (χ4n) is 2.72. The number of benzene rings is 1. The lowest BCUT2D eigenvalue weighted by Crippen LogP contribution is -2.42. The van der Waals surface area contributed by atoms with Gasteiger partial charge in [-0.25, -0.2) is 0 Å². The molecule has 0 aromatic heterocycles. The standard InChI is InChI=1S/C16H26N2O/c1-2-15(17)14-9-3-4-10-16(14)18(11-6-12-19)13-7-5-8-13/h3-4,9-10,13,15,19H,2,5-8,11-12,17H2,1H3/t15-/m0/s1. The molecule has 1 aliphatic carbocycles. The molecule has 19 heavy (non-hydrogen) atoms. The van der Waals surface area contributed by atoms with Gasteiger partial charge in [0, 0.05) is 30.9 Å². The minimum Gasteiger partial charge on any atom is -0.396 e. The number of nitrogens with two attached hydrogens (primary N) is 1. The number of rotatable bonds is 7. The van der Waals surface area contributed by atoms with Gasteiger partial charge in [-0.15, -0.1) is 0 Å². The number of hydrogen-bond donors (Lipinski definition) is 2. The van der Waals surface area contributed by atoms with Crippen LogP contribution in [0.2, 0.25) is 0 Å². The van der Waals surface area contributed by atoms with Crippen LogP contribution < -0.4 is 10.6 Å². The predicted octanol–water partition coefficient (Wildman–Crippen LogP) is 2.84. The highest BCUT2D eigenvalue weighted by Crippen LogP contribution is 2.34. The maximum absolute atomic E-state index is 9.11. The maximum atomic E-state index is 9.11. The zero-order chi connectivity index (χ0) is 13.7. The van der Waals surface area contributed by atoms with Crippen LogP contribution in [0.25, 0.3) is 0 Å². The summed E-state index contributed by atoms with van der Waals surface area (Å²) in [6.45, 7) is 3.31. The van der Waals surface area contributed by atoms with Crippen molar-refractivity contribution in [2.24, 2.45) is 5.73 Å². The summed E-state index contributed by atoms with van der Waals surface area (Å²) in [6.07, 6.45) is 5.63. The molecule has 0 radical (unpaired) electrons. The summed E-state index contributed by atoms with van der Waals surface area (Å²) in [6, 6.07) is 9.23. The van der Waals surface area contributed by atoms with Crippen LogP contribution in [0.4, 0.5) is 5.69 Å². The normalized spacial score (nSPS) is 17.0. The van der Waals surface area contributed by atoms with E-state index in [0.29, 0.717) is 6.04 Å². The lowest BCUT2D eigenvalue weighted by atomic mass is 9.89. The molecule has 1 aromatic rings. The molecule has 0 unspecified atom stereocenters. The Labute approximate surface area is 116 Å². The van der Waals surface area contributed by atoms with Crippen molar-refractivity contribution in [3.63, 3.8) is 0 Å². The monoisotopic (exact) mass is 262 g/mol. The van der Waals surface area contributed by atoms with Crippen molar-refractivity contribution < 1.29 is 5.11 Å². The molecular formula is C16H26N2O. The molecule has 3 nitrogen and oxygen atoms in total. The van der Waals surface area contributed by atoms with E-state index < -0.39 is 0 Å². The molecule has 0 amide bonds. The topological polar surface area (TPSA) is 49.5 Å². The van der Waals surface area contributed by atoms with Crippen molar-refractivity contribution >= 4 is 5.69 Å². The Morgan fingerprint density at radius 1 is 1.37 bits per heavy atom. The molecular weight excluding hydrogens is 236 g/mol. The van der Waals surface area contributed by atoms with Crippen molar-refractivity contribution in [3.05, 3.63) is 29.8 Å². The van der Waals surface area contributed by atoms with E-state index in [1.807, 2.05) is 0 Å². The van der Waals surface area contributed by atoms with E-state index in [9.17, 15) is 0 Å². The van der Waals surface area contributed by atoms with Gasteiger partial charge in [0.2, 0.25) is 0 Å². The SMILES string of the molecule is CC[C@H](N)c1ccccc1N(CCCO)C1CCC1. The molecule has 1 fully saturated rings. The first-order valence-electron chi connectivity index (χ1n) is 7.50. The molecule has 0 aliphatic heterocycles. The molecule has 1 aliphatic rings. The van der Waals surface area contributed by atoms with Gasteiger partial charge in [-0.05, 0) is 43.7 Å². The van der Waals surface area contributed by atoms with Gasteiger partial charge in [0.15, 0.2) is 0 Å². The first-order valence-corrected chi connectivity index (χ1v) is 7.50. The maximum Gasteiger partial charge on any atom is 0.0447 e. The molecule has 0 spiro atoms. The van der Waals surface area contributed by atoms with Crippen LogP contribution in [0.15, 0.2) is 24.3 Å². The number of nitrogens with zero attached hydrogens (tertiary/aromatic N) is 1. The lowest BCUT2D eigenvalue weighted by Gasteiger charge is -2.40. The van der Waals surface area contributed by atoms with E-state index in [1.165, 1.54) is 30.5 Å². The van der Waals surface area contributed by atoms with Crippen molar-refractivity contribution in [1.82, 2.24) is 0 Å². The summed E-state index contributed by atoms with van der Waals surface area (Å²) < 4.78 is 0. The Morgan fingerprint density at radius 3 is 2.68 bits per heavy atom. The van der Waals surface area contributed by atoms with Crippen LogP contribution in [0, 0.1) is 0 Å². The van der Waals surface area contributed by atoms with Gasteiger partial charge >= 0.3 is 0 Å². The number of para-hydroxylation sites is 1. The average molecular weight is 262 g/mol. The molecule has 106 valence electrons. The van der Waals surface area contributed by atoms with Crippen molar-refractivity contribution in [1.29, 1.82) is 0 Å². The van der Waals surface area contributed by atoms with Crippen LogP contribution in [-0.4, -0.2) is 24.3 Å². The zero-order valence-corrected chi connectivity index (χ0v) is 11.9. The highest BCUT2D eigenvalue weighted by molar-refractivity contribution is 5.56. The van der Waals surface area contributed by atoms with Gasteiger partial charge in [0.25, 0.3) is 0 Å². The second-order valence-electron chi connectivity index (χ2n) is 5.43. The fourth-order valence-corrected chi connectivity index (χ4v) is 2.72. The fraction of sp³-hybridized carbons (Fsp3) is 0.625. The van der Waals surface area contributed by atoms with Gasteiger partial charge < -0.3 is 15.7 Å². The van der Waals surface area contributed by atoms with Gasteiger partial charge in [-0.3, -0.25) is 0 Å². The first kappa shape index (κ1) is 14.4. The van der Waals surface area contributed by atoms with Crippen LogP contribution in [0.5, 0.6) is 0 Å². The minimum absolute atomic E-state index is 0.105. The summed E-state index contributed by atoms with van der Waals surface area (Å²) >= 11 is 0. The highest BCUT2D eigenvalue weighted by Gasteiger charge is 2.26. The molecule has 3 heteroatoms. The Morgan fingerprint density at radius 2 is 2.11 bits per heavy atom. The Kier molecular flexibility index (Phi) is 5.23. The molecule has 1 atom stereocenters. The largest absolute Gasteiger partial charge is 0.396 e. The van der Waals surface area contributed by atoms with Gasteiger partial charge in [0.05, 0.1) is 0 Å². The average Bonchev–Trinajstić information content (AvgIpc) is 2.40. The minimum atomic E-state index is 0.105. The predicted molar refractivity (Wildman–Crippen MR) is 80.3 cm³/mol. The number of hydrogen-bond acceptors (Lipinski definition) is 3. The van der Waals surface area contributed by atoms with E-state index in [1.54, 1.807) is 0 Å². The zero-order valence-electron chi connectivity index (χ0n) is 11.9. The van der Waals surface area contributed by atoms with Crippen LogP contribution in [0.3, 0.4) is 0 Å². The second-order valence-corrected chi connectivity index (χ2v) is 5.43. The Bertz CT molecular complexity index is 390. The van der Waals surface area contributed by atoms with E-state index in [0.717, 1.165) is 19.4 Å². The summed E-state index contributed by atoms with van der Waals surface area (Å²) in [5, 5.41) is 9.11.